The average molecular weight is 304 g/mol. The Labute approximate surface area is 129 Å². The highest BCUT2D eigenvalue weighted by Gasteiger charge is 2.53. The van der Waals surface area contributed by atoms with Crippen LogP contribution in [0.2, 0.25) is 0 Å². The van der Waals surface area contributed by atoms with Crippen molar-refractivity contribution >= 4 is 10.8 Å². The van der Waals surface area contributed by atoms with Crippen molar-refractivity contribution in [2.24, 2.45) is 0 Å². The van der Waals surface area contributed by atoms with Crippen LogP contribution in [0.1, 0.15) is 6.92 Å². The second kappa shape index (κ2) is 5.85. The highest BCUT2D eigenvalue weighted by molar-refractivity contribution is 5.88. The highest BCUT2D eigenvalue weighted by atomic mass is 16.7. The largest absolute Gasteiger partial charge is 0.484 e. The van der Waals surface area contributed by atoms with Crippen molar-refractivity contribution in [3.05, 3.63) is 42.5 Å². The Balaban J connectivity index is 1.93. The third kappa shape index (κ3) is 2.46. The van der Waals surface area contributed by atoms with Gasteiger partial charge < -0.3 is 24.4 Å². The van der Waals surface area contributed by atoms with E-state index in [4.69, 9.17) is 14.2 Å². The Morgan fingerprint density at radius 3 is 2.64 bits per heavy atom. The number of hydrogen-bond acceptors (Lipinski definition) is 5. The van der Waals surface area contributed by atoms with Gasteiger partial charge in [-0.15, -0.1) is 0 Å². The standard InChI is InChI=1S/C17H20O5/c1-17(20-2)16(19)15(14(10-18)22-17)21-13-9-5-7-11-6-3-4-8-12(11)13/h3-9,14-16,18-19H,10H2,1-2H3/t14-,15-,16-,17?/m1/s1. The van der Waals surface area contributed by atoms with Crippen molar-refractivity contribution in [1.29, 1.82) is 0 Å². The van der Waals surface area contributed by atoms with Crippen LogP contribution in [0.25, 0.3) is 10.8 Å². The monoisotopic (exact) mass is 304 g/mol. The van der Waals surface area contributed by atoms with Gasteiger partial charge in [-0.2, -0.15) is 0 Å². The molecule has 0 bridgehead atoms. The van der Waals surface area contributed by atoms with Gasteiger partial charge in [0.15, 0.2) is 11.9 Å². The summed E-state index contributed by atoms with van der Waals surface area (Å²) in [7, 11) is 1.46. The topological polar surface area (TPSA) is 68.2 Å². The molecule has 0 spiro atoms. The van der Waals surface area contributed by atoms with Crippen molar-refractivity contribution in [3.63, 3.8) is 0 Å². The molecular formula is C17H20O5. The molecule has 1 saturated heterocycles. The van der Waals surface area contributed by atoms with Crippen molar-refractivity contribution in [2.45, 2.75) is 31.0 Å². The fourth-order valence-corrected chi connectivity index (χ4v) is 2.83. The molecule has 1 heterocycles. The van der Waals surface area contributed by atoms with Crippen molar-refractivity contribution < 1.29 is 24.4 Å². The van der Waals surface area contributed by atoms with Gasteiger partial charge in [-0.05, 0) is 18.4 Å². The first kappa shape index (κ1) is 15.2. The van der Waals surface area contributed by atoms with E-state index in [0.29, 0.717) is 5.75 Å². The lowest BCUT2D eigenvalue weighted by atomic mass is 10.1. The second-order valence-electron chi connectivity index (χ2n) is 5.56. The molecule has 1 fully saturated rings. The maximum Gasteiger partial charge on any atom is 0.195 e. The van der Waals surface area contributed by atoms with E-state index in [1.165, 1.54) is 7.11 Å². The van der Waals surface area contributed by atoms with Gasteiger partial charge in [0.2, 0.25) is 0 Å². The first-order chi connectivity index (χ1) is 10.6. The minimum absolute atomic E-state index is 0.258. The zero-order chi connectivity index (χ0) is 15.7. The summed E-state index contributed by atoms with van der Waals surface area (Å²) in [6.45, 7) is 1.37. The van der Waals surface area contributed by atoms with Gasteiger partial charge in [0, 0.05) is 12.5 Å². The summed E-state index contributed by atoms with van der Waals surface area (Å²) in [6.07, 6.45) is -2.37. The molecule has 5 heteroatoms. The van der Waals surface area contributed by atoms with Crippen LogP contribution in [0.4, 0.5) is 0 Å². The Bertz CT molecular complexity index is 653. The number of benzene rings is 2. The number of aliphatic hydroxyl groups is 2. The number of hydrogen-bond donors (Lipinski definition) is 2. The summed E-state index contributed by atoms with van der Waals surface area (Å²) in [5.74, 6) is -0.549. The van der Waals surface area contributed by atoms with Gasteiger partial charge in [-0.3, -0.25) is 0 Å². The van der Waals surface area contributed by atoms with Crippen molar-refractivity contribution in [1.82, 2.24) is 0 Å². The second-order valence-corrected chi connectivity index (χ2v) is 5.56. The summed E-state index contributed by atoms with van der Waals surface area (Å²) in [5, 5.41) is 21.9. The SMILES string of the molecule is COC1(C)O[C@H](CO)[C@@H](Oc2cccc3ccccc23)[C@H]1O. The molecule has 1 aliphatic rings. The van der Waals surface area contributed by atoms with Crippen molar-refractivity contribution in [3.8, 4) is 5.75 Å². The molecule has 2 aromatic rings. The van der Waals surface area contributed by atoms with Crippen molar-refractivity contribution in [2.75, 3.05) is 13.7 Å². The first-order valence-corrected chi connectivity index (χ1v) is 7.25. The number of aliphatic hydroxyl groups excluding tert-OH is 2. The zero-order valence-corrected chi connectivity index (χ0v) is 12.6. The van der Waals surface area contributed by atoms with E-state index in [1.54, 1.807) is 6.92 Å². The van der Waals surface area contributed by atoms with Gasteiger partial charge in [0.25, 0.3) is 0 Å². The third-order valence-corrected chi connectivity index (χ3v) is 4.20. The van der Waals surface area contributed by atoms with Crippen LogP contribution in [0.5, 0.6) is 5.75 Å². The van der Waals surface area contributed by atoms with Gasteiger partial charge in [-0.1, -0.05) is 36.4 Å². The fraction of sp³-hybridized carbons (Fsp3) is 0.412. The van der Waals surface area contributed by atoms with E-state index in [-0.39, 0.29) is 6.61 Å². The quantitative estimate of drug-likeness (QED) is 0.900. The minimum atomic E-state index is -1.19. The molecule has 0 saturated carbocycles. The van der Waals surface area contributed by atoms with Crippen LogP contribution in [0.15, 0.2) is 42.5 Å². The van der Waals surface area contributed by atoms with Crippen LogP contribution in [0.3, 0.4) is 0 Å². The van der Waals surface area contributed by atoms with Crippen LogP contribution >= 0.6 is 0 Å². The summed E-state index contributed by atoms with van der Waals surface area (Å²) in [5.41, 5.74) is 0. The van der Waals surface area contributed by atoms with E-state index in [9.17, 15) is 10.2 Å². The third-order valence-electron chi connectivity index (χ3n) is 4.20. The number of rotatable bonds is 4. The lowest BCUT2D eigenvalue weighted by Gasteiger charge is -2.26. The molecule has 2 N–H and O–H groups in total. The van der Waals surface area contributed by atoms with Gasteiger partial charge in [-0.25, -0.2) is 0 Å². The lowest BCUT2D eigenvalue weighted by molar-refractivity contribution is -0.235. The molecule has 1 unspecified atom stereocenters. The van der Waals surface area contributed by atoms with E-state index in [1.807, 2.05) is 42.5 Å². The Hall–Kier alpha value is -1.66. The van der Waals surface area contributed by atoms with Crippen LogP contribution < -0.4 is 4.74 Å². The Kier molecular flexibility index (Phi) is 4.06. The molecule has 3 rings (SSSR count). The molecule has 0 aliphatic carbocycles. The molecule has 118 valence electrons. The minimum Gasteiger partial charge on any atom is -0.484 e. The molecule has 1 aliphatic heterocycles. The van der Waals surface area contributed by atoms with Crippen LogP contribution in [0, 0.1) is 0 Å². The number of fused-ring (bicyclic) bond motifs is 1. The predicted molar refractivity (Wildman–Crippen MR) is 81.7 cm³/mol. The van der Waals surface area contributed by atoms with Gasteiger partial charge in [0.05, 0.1) is 6.61 Å². The van der Waals surface area contributed by atoms with Crippen LogP contribution in [-0.4, -0.2) is 48.0 Å². The first-order valence-electron chi connectivity index (χ1n) is 7.25. The fourth-order valence-electron chi connectivity index (χ4n) is 2.83. The van der Waals surface area contributed by atoms with Gasteiger partial charge in [0.1, 0.15) is 18.0 Å². The van der Waals surface area contributed by atoms with E-state index in [0.717, 1.165) is 10.8 Å². The molecule has 2 aromatic carbocycles. The smallest absolute Gasteiger partial charge is 0.195 e. The summed E-state index contributed by atoms with van der Waals surface area (Å²) in [6, 6.07) is 13.6. The summed E-state index contributed by atoms with van der Waals surface area (Å²) < 4.78 is 16.8. The number of methoxy groups -OCH3 is 1. The summed E-state index contributed by atoms with van der Waals surface area (Å²) in [4.78, 5) is 0. The molecule has 0 radical (unpaired) electrons. The van der Waals surface area contributed by atoms with Crippen LogP contribution in [-0.2, 0) is 9.47 Å². The Morgan fingerprint density at radius 1 is 1.18 bits per heavy atom. The molecule has 0 aromatic heterocycles. The molecule has 4 atom stereocenters. The zero-order valence-electron chi connectivity index (χ0n) is 12.6. The maximum absolute atomic E-state index is 10.5. The van der Waals surface area contributed by atoms with E-state index >= 15 is 0 Å². The van der Waals surface area contributed by atoms with Gasteiger partial charge >= 0.3 is 0 Å². The molecule has 5 nitrogen and oxygen atoms in total. The Morgan fingerprint density at radius 2 is 1.91 bits per heavy atom. The molecular weight excluding hydrogens is 284 g/mol. The average Bonchev–Trinajstić information content (AvgIpc) is 2.80. The van der Waals surface area contributed by atoms with E-state index < -0.39 is 24.1 Å². The predicted octanol–water partition coefficient (Wildman–Crippen LogP) is 1.70. The highest BCUT2D eigenvalue weighted by Crippen LogP contribution is 2.35. The number of ether oxygens (including phenoxy) is 3. The molecule has 0 amide bonds. The molecule has 22 heavy (non-hydrogen) atoms. The maximum atomic E-state index is 10.5. The van der Waals surface area contributed by atoms with E-state index in [2.05, 4.69) is 0 Å². The normalized spacial score (nSPS) is 31.5. The lowest BCUT2D eigenvalue weighted by Crippen LogP contribution is -2.44. The summed E-state index contributed by atoms with van der Waals surface area (Å²) >= 11 is 0.